The second-order valence-electron chi connectivity index (χ2n) is 6.79. The molecule has 26 heavy (non-hydrogen) atoms. The number of rotatable bonds is 5. The quantitative estimate of drug-likeness (QED) is 0.814. The summed E-state index contributed by atoms with van der Waals surface area (Å²) in [6.45, 7) is 4.67. The van der Waals surface area contributed by atoms with Gasteiger partial charge in [-0.15, -0.1) is 0 Å². The molecule has 0 saturated heterocycles. The summed E-state index contributed by atoms with van der Waals surface area (Å²) < 4.78 is 0. The van der Waals surface area contributed by atoms with Crippen LogP contribution in [0.4, 0.5) is 5.69 Å². The van der Waals surface area contributed by atoms with Crippen molar-refractivity contribution in [1.82, 2.24) is 0 Å². The number of nitrogens with two attached hydrogens (primary N) is 1. The number of carbonyl (C=O) groups excluding carboxylic acids is 1. The minimum atomic E-state index is -0.0681. The number of carbonyl (C=O) groups is 1. The summed E-state index contributed by atoms with van der Waals surface area (Å²) >= 11 is 0. The molecule has 0 aromatic heterocycles. The first-order valence-corrected chi connectivity index (χ1v) is 9.20. The van der Waals surface area contributed by atoms with Crippen molar-refractivity contribution in [2.75, 3.05) is 5.32 Å². The summed E-state index contributed by atoms with van der Waals surface area (Å²) in [6, 6.07) is 16.1. The third-order valence-electron chi connectivity index (χ3n) is 5.04. The van der Waals surface area contributed by atoms with Crippen LogP contribution < -0.4 is 11.1 Å². The number of aryl methyl sites for hydroxylation is 1. The van der Waals surface area contributed by atoms with Crippen LogP contribution in [-0.2, 0) is 11.3 Å². The first-order chi connectivity index (χ1) is 12.6. The van der Waals surface area contributed by atoms with E-state index in [1.165, 1.54) is 0 Å². The van der Waals surface area contributed by atoms with E-state index in [4.69, 9.17) is 5.73 Å². The van der Waals surface area contributed by atoms with Gasteiger partial charge in [0.15, 0.2) is 0 Å². The van der Waals surface area contributed by atoms with Crippen LogP contribution in [0.15, 0.2) is 66.3 Å². The molecule has 1 amide bonds. The molecule has 0 spiro atoms. The lowest BCUT2D eigenvalue weighted by atomic mass is 9.84. The molecule has 1 atom stereocenters. The Balaban J connectivity index is 1.92. The van der Waals surface area contributed by atoms with E-state index >= 15 is 0 Å². The maximum absolute atomic E-state index is 13.0. The highest BCUT2D eigenvalue weighted by Gasteiger charge is 2.21. The van der Waals surface area contributed by atoms with Crippen molar-refractivity contribution >= 4 is 17.2 Å². The van der Waals surface area contributed by atoms with E-state index < -0.39 is 0 Å². The van der Waals surface area contributed by atoms with Gasteiger partial charge < -0.3 is 11.1 Å². The highest BCUT2D eigenvalue weighted by Crippen LogP contribution is 2.33. The lowest BCUT2D eigenvalue weighted by Crippen LogP contribution is -2.18. The van der Waals surface area contributed by atoms with E-state index in [0.717, 1.165) is 46.4 Å². The summed E-state index contributed by atoms with van der Waals surface area (Å²) in [5, 5.41) is 3.04. The summed E-state index contributed by atoms with van der Waals surface area (Å²) in [5.41, 5.74) is 11.7. The number of nitrogens with one attached hydrogen (secondary N) is 1. The summed E-state index contributed by atoms with van der Waals surface area (Å²) in [7, 11) is 0. The Bertz CT molecular complexity index is 850. The number of anilines is 1. The molecule has 3 heteroatoms. The van der Waals surface area contributed by atoms with Gasteiger partial charge in [-0.2, -0.15) is 0 Å². The van der Waals surface area contributed by atoms with E-state index in [1.807, 2.05) is 49.4 Å². The molecule has 0 radical (unpaired) electrons. The largest absolute Gasteiger partial charge is 0.326 e. The maximum atomic E-state index is 13.0. The van der Waals surface area contributed by atoms with Crippen molar-refractivity contribution in [3.05, 3.63) is 82.9 Å². The molecule has 2 aromatic carbocycles. The first-order valence-electron chi connectivity index (χ1n) is 9.20. The number of hydrogen-bond acceptors (Lipinski definition) is 2. The van der Waals surface area contributed by atoms with Crippen LogP contribution in [0.2, 0.25) is 0 Å². The first kappa shape index (κ1) is 18.2. The van der Waals surface area contributed by atoms with Gasteiger partial charge in [0.1, 0.15) is 0 Å². The van der Waals surface area contributed by atoms with Gasteiger partial charge in [0.05, 0.1) is 0 Å². The molecule has 1 aliphatic rings. The smallest absolute Gasteiger partial charge is 0.255 e. The number of amides is 1. The molecule has 0 aliphatic heterocycles. The maximum Gasteiger partial charge on any atom is 0.255 e. The van der Waals surface area contributed by atoms with Crippen LogP contribution in [-0.4, -0.2) is 5.91 Å². The van der Waals surface area contributed by atoms with Gasteiger partial charge in [0.2, 0.25) is 0 Å². The fraction of sp³-hybridized carbons (Fsp3) is 0.261. The fourth-order valence-electron chi connectivity index (χ4n) is 3.35. The van der Waals surface area contributed by atoms with Crippen molar-refractivity contribution in [3.63, 3.8) is 0 Å². The summed E-state index contributed by atoms with van der Waals surface area (Å²) in [5.74, 6) is 0.409. The number of hydrogen-bond donors (Lipinski definition) is 2. The zero-order chi connectivity index (χ0) is 18.5. The van der Waals surface area contributed by atoms with Crippen LogP contribution in [0.1, 0.15) is 36.5 Å². The fourth-order valence-corrected chi connectivity index (χ4v) is 3.35. The normalized spacial score (nSPS) is 16.7. The van der Waals surface area contributed by atoms with Crippen molar-refractivity contribution in [1.29, 1.82) is 0 Å². The molecule has 0 fully saturated rings. The highest BCUT2D eigenvalue weighted by molar-refractivity contribution is 6.11. The van der Waals surface area contributed by atoms with E-state index in [1.54, 1.807) is 0 Å². The predicted molar refractivity (Wildman–Crippen MR) is 109 cm³/mol. The molecule has 134 valence electrons. The van der Waals surface area contributed by atoms with Crippen LogP contribution in [0.25, 0.3) is 5.57 Å². The Kier molecular flexibility index (Phi) is 5.69. The Morgan fingerprint density at radius 2 is 1.96 bits per heavy atom. The zero-order valence-electron chi connectivity index (χ0n) is 15.5. The van der Waals surface area contributed by atoms with E-state index in [-0.39, 0.29) is 5.91 Å². The number of benzene rings is 2. The van der Waals surface area contributed by atoms with Gasteiger partial charge in [0.25, 0.3) is 5.91 Å². The average molecular weight is 346 g/mol. The molecule has 0 saturated carbocycles. The van der Waals surface area contributed by atoms with Crippen molar-refractivity contribution in [3.8, 4) is 0 Å². The molecular weight excluding hydrogens is 320 g/mol. The third kappa shape index (κ3) is 3.94. The van der Waals surface area contributed by atoms with E-state index in [0.29, 0.717) is 12.5 Å². The number of allylic oxidation sites excluding steroid dienone is 2. The Labute approximate surface area is 155 Å². The molecule has 1 aliphatic carbocycles. The minimum absolute atomic E-state index is 0.0681. The van der Waals surface area contributed by atoms with Crippen molar-refractivity contribution in [2.45, 2.75) is 33.2 Å². The van der Waals surface area contributed by atoms with Crippen molar-refractivity contribution in [2.24, 2.45) is 11.7 Å². The van der Waals surface area contributed by atoms with E-state index in [2.05, 4.69) is 30.4 Å². The molecule has 3 nitrogen and oxygen atoms in total. The van der Waals surface area contributed by atoms with Crippen LogP contribution in [0, 0.1) is 12.8 Å². The molecular formula is C23H26N2O. The SMILES string of the molecule is CCC1C=CC(C(=O)Nc2ccc(C)c(CN)c2)=C(c2ccccc2)C1. The molecule has 3 rings (SSSR count). The Hall–Kier alpha value is -2.65. The summed E-state index contributed by atoms with van der Waals surface area (Å²) in [6.07, 6.45) is 6.09. The third-order valence-corrected chi connectivity index (χ3v) is 5.04. The second-order valence-corrected chi connectivity index (χ2v) is 6.79. The van der Waals surface area contributed by atoms with Gasteiger partial charge in [-0.3, -0.25) is 4.79 Å². The molecule has 0 heterocycles. The van der Waals surface area contributed by atoms with Crippen LogP contribution in [0.3, 0.4) is 0 Å². The standard InChI is InChI=1S/C23H26N2O/c1-3-17-10-12-21(22(13-17)18-7-5-4-6-8-18)23(26)25-20-11-9-16(2)19(14-20)15-24/h4-12,14,17H,3,13,15,24H2,1-2H3,(H,25,26). The second kappa shape index (κ2) is 8.15. The topological polar surface area (TPSA) is 55.1 Å². The molecule has 3 N–H and O–H groups in total. The van der Waals surface area contributed by atoms with Crippen molar-refractivity contribution < 1.29 is 4.79 Å². The molecule has 0 bridgehead atoms. The Morgan fingerprint density at radius 3 is 2.65 bits per heavy atom. The minimum Gasteiger partial charge on any atom is -0.326 e. The monoisotopic (exact) mass is 346 g/mol. The van der Waals surface area contributed by atoms with Crippen LogP contribution >= 0.6 is 0 Å². The van der Waals surface area contributed by atoms with Gasteiger partial charge in [-0.05, 0) is 60.1 Å². The predicted octanol–water partition coefficient (Wildman–Crippen LogP) is 4.83. The zero-order valence-corrected chi connectivity index (χ0v) is 15.5. The van der Waals surface area contributed by atoms with Gasteiger partial charge >= 0.3 is 0 Å². The lowest BCUT2D eigenvalue weighted by Gasteiger charge is -2.22. The highest BCUT2D eigenvalue weighted by atomic mass is 16.1. The molecule has 1 unspecified atom stereocenters. The molecule has 2 aromatic rings. The summed E-state index contributed by atoms with van der Waals surface area (Å²) in [4.78, 5) is 13.0. The van der Waals surface area contributed by atoms with E-state index in [9.17, 15) is 4.79 Å². The lowest BCUT2D eigenvalue weighted by molar-refractivity contribution is -0.112. The van der Waals surface area contributed by atoms with Gasteiger partial charge in [-0.1, -0.05) is 55.5 Å². The average Bonchev–Trinajstić information content (AvgIpc) is 2.69. The van der Waals surface area contributed by atoms with Gasteiger partial charge in [0, 0.05) is 17.8 Å². The van der Waals surface area contributed by atoms with Gasteiger partial charge in [-0.25, -0.2) is 0 Å². The van der Waals surface area contributed by atoms with Crippen LogP contribution in [0.5, 0.6) is 0 Å². The Morgan fingerprint density at radius 1 is 1.19 bits per heavy atom.